The molecule has 0 aliphatic heterocycles. The molecule has 0 saturated heterocycles. The molecule has 0 rings (SSSR count). The van der Waals surface area contributed by atoms with Gasteiger partial charge in [-0.2, -0.15) is 8.42 Å². The summed E-state index contributed by atoms with van der Waals surface area (Å²) in [6.07, 6.45) is 3.03. The van der Waals surface area contributed by atoms with Crippen molar-refractivity contribution in [3.05, 3.63) is 0 Å². The molecule has 0 aromatic carbocycles. The molecule has 0 aliphatic carbocycles. The molecule has 0 aromatic rings. The molecular formula is C9H22O5S. The third-order valence-electron chi connectivity index (χ3n) is 1.34. The first kappa shape index (κ1) is 17.2. The van der Waals surface area contributed by atoms with Crippen LogP contribution in [0.1, 0.15) is 39.5 Å². The lowest BCUT2D eigenvalue weighted by Gasteiger charge is -1.96. The standard InChI is InChI=1S/C5H12O3S.C4H10O2/c1-3-4-5-8-9(2,6)7;1-2-3-4(5)6/h3-5H2,1-2H3;4-6H,2-3H2,1H3. The SMILES string of the molecule is CCCC(O)O.CCCCOS(C)(=O)=O. The second kappa shape index (κ2) is 10.4. The summed E-state index contributed by atoms with van der Waals surface area (Å²) in [5, 5.41) is 16.2. The van der Waals surface area contributed by atoms with E-state index >= 15 is 0 Å². The first-order chi connectivity index (χ1) is 6.83. The molecule has 0 unspecified atom stereocenters. The van der Waals surface area contributed by atoms with E-state index in [0.717, 1.165) is 25.5 Å². The zero-order valence-corrected chi connectivity index (χ0v) is 10.5. The minimum absolute atomic E-state index is 0.315. The van der Waals surface area contributed by atoms with Gasteiger partial charge in [-0.15, -0.1) is 0 Å². The highest BCUT2D eigenvalue weighted by molar-refractivity contribution is 7.85. The summed E-state index contributed by atoms with van der Waals surface area (Å²) in [4.78, 5) is 0. The maximum absolute atomic E-state index is 10.3. The van der Waals surface area contributed by atoms with Crippen LogP contribution in [0.5, 0.6) is 0 Å². The highest BCUT2D eigenvalue weighted by Gasteiger charge is 1.98. The molecule has 94 valence electrons. The van der Waals surface area contributed by atoms with Gasteiger partial charge in [-0.3, -0.25) is 4.18 Å². The Hall–Kier alpha value is -0.170. The van der Waals surface area contributed by atoms with E-state index in [1.165, 1.54) is 0 Å². The zero-order valence-electron chi connectivity index (χ0n) is 9.64. The van der Waals surface area contributed by atoms with Crippen molar-refractivity contribution in [3.8, 4) is 0 Å². The van der Waals surface area contributed by atoms with Gasteiger partial charge in [0.1, 0.15) is 0 Å². The van der Waals surface area contributed by atoms with Crippen LogP contribution < -0.4 is 0 Å². The average Bonchev–Trinajstić information content (AvgIpc) is 2.03. The highest BCUT2D eigenvalue weighted by Crippen LogP contribution is 1.91. The van der Waals surface area contributed by atoms with Crippen molar-refractivity contribution in [2.24, 2.45) is 0 Å². The smallest absolute Gasteiger partial charge is 0.264 e. The molecule has 6 heteroatoms. The van der Waals surface area contributed by atoms with Gasteiger partial charge in [0.25, 0.3) is 10.1 Å². The van der Waals surface area contributed by atoms with Gasteiger partial charge in [-0.1, -0.05) is 26.7 Å². The van der Waals surface area contributed by atoms with Gasteiger partial charge in [0, 0.05) is 0 Å². The van der Waals surface area contributed by atoms with E-state index in [0.29, 0.717) is 13.0 Å². The molecule has 0 saturated carbocycles. The van der Waals surface area contributed by atoms with Crippen molar-refractivity contribution in [3.63, 3.8) is 0 Å². The second-order valence-electron chi connectivity index (χ2n) is 3.15. The molecule has 0 aliphatic rings. The number of rotatable bonds is 6. The minimum Gasteiger partial charge on any atom is -0.368 e. The van der Waals surface area contributed by atoms with Crippen molar-refractivity contribution in [1.82, 2.24) is 0 Å². The number of aliphatic hydroxyl groups is 2. The highest BCUT2D eigenvalue weighted by atomic mass is 32.2. The van der Waals surface area contributed by atoms with Crippen LogP contribution in [-0.4, -0.2) is 37.8 Å². The third-order valence-corrected chi connectivity index (χ3v) is 1.94. The van der Waals surface area contributed by atoms with Crippen LogP contribution in [0.4, 0.5) is 0 Å². The van der Waals surface area contributed by atoms with Crippen molar-refractivity contribution in [2.75, 3.05) is 12.9 Å². The maximum Gasteiger partial charge on any atom is 0.264 e. The number of hydrogen-bond donors (Lipinski definition) is 2. The van der Waals surface area contributed by atoms with E-state index < -0.39 is 16.4 Å². The van der Waals surface area contributed by atoms with Crippen LogP contribution in [-0.2, 0) is 14.3 Å². The van der Waals surface area contributed by atoms with Gasteiger partial charge in [0.2, 0.25) is 0 Å². The predicted octanol–water partition coefficient (Wildman–Crippen LogP) is 0.860. The van der Waals surface area contributed by atoms with Crippen LogP contribution in [0.25, 0.3) is 0 Å². The monoisotopic (exact) mass is 242 g/mol. The number of hydrogen-bond acceptors (Lipinski definition) is 5. The van der Waals surface area contributed by atoms with Gasteiger partial charge < -0.3 is 10.2 Å². The van der Waals surface area contributed by atoms with Gasteiger partial charge in [0.05, 0.1) is 12.9 Å². The Morgan fingerprint density at radius 3 is 1.93 bits per heavy atom. The maximum atomic E-state index is 10.3. The third kappa shape index (κ3) is 24.8. The summed E-state index contributed by atoms with van der Waals surface area (Å²) in [7, 11) is -3.20. The Kier molecular flexibility index (Phi) is 11.9. The molecule has 5 nitrogen and oxygen atoms in total. The summed E-state index contributed by atoms with van der Waals surface area (Å²) in [5.41, 5.74) is 0. The van der Waals surface area contributed by atoms with E-state index in [1.807, 2.05) is 13.8 Å². The lowest BCUT2D eigenvalue weighted by atomic mass is 10.3. The van der Waals surface area contributed by atoms with E-state index in [9.17, 15) is 8.42 Å². The fourth-order valence-electron chi connectivity index (χ4n) is 0.613. The summed E-state index contributed by atoms with van der Waals surface area (Å²) in [5.74, 6) is 0. The largest absolute Gasteiger partial charge is 0.368 e. The topological polar surface area (TPSA) is 83.8 Å². The Morgan fingerprint density at radius 2 is 1.73 bits per heavy atom. The molecule has 0 bridgehead atoms. The van der Waals surface area contributed by atoms with Crippen LogP contribution >= 0.6 is 0 Å². The summed E-state index contributed by atoms with van der Waals surface area (Å²) < 4.78 is 25.0. The van der Waals surface area contributed by atoms with Gasteiger partial charge in [-0.25, -0.2) is 0 Å². The van der Waals surface area contributed by atoms with Crippen molar-refractivity contribution < 1.29 is 22.8 Å². The van der Waals surface area contributed by atoms with Crippen molar-refractivity contribution in [1.29, 1.82) is 0 Å². The molecule has 0 amide bonds. The van der Waals surface area contributed by atoms with Crippen molar-refractivity contribution >= 4 is 10.1 Å². The predicted molar refractivity (Wildman–Crippen MR) is 58.8 cm³/mol. The molecule has 15 heavy (non-hydrogen) atoms. The van der Waals surface area contributed by atoms with E-state index in [-0.39, 0.29) is 0 Å². The molecule has 0 atom stereocenters. The summed E-state index contributed by atoms with van der Waals surface area (Å²) in [6, 6.07) is 0. The lowest BCUT2D eigenvalue weighted by molar-refractivity contribution is -0.0453. The summed E-state index contributed by atoms with van der Waals surface area (Å²) >= 11 is 0. The second-order valence-corrected chi connectivity index (χ2v) is 4.79. The van der Waals surface area contributed by atoms with E-state index in [4.69, 9.17) is 10.2 Å². The van der Waals surface area contributed by atoms with Crippen LogP contribution in [0.15, 0.2) is 0 Å². The normalized spacial score (nSPS) is 11.1. The fourth-order valence-corrected chi connectivity index (χ4v) is 1.03. The first-order valence-electron chi connectivity index (χ1n) is 5.04. The number of unbranched alkanes of at least 4 members (excludes halogenated alkanes) is 1. The molecule has 0 heterocycles. The van der Waals surface area contributed by atoms with Gasteiger partial charge >= 0.3 is 0 Å². The van der Waals surface area contributed by atoms with Gasteiger partial charge in [-0.05, 0) is 12.8 Å². The minimum atomic E-state index is -3.20. The van der Waals surface area contributed by atoms with Crippen LogP contribution in [0.2, 0.25) is 0 Å². The molecule has 2 N–H and O–H groups in total. The zero-order chi connectivity index (χ0) is 12.3. The van der Waals surface area contributed by atoms with E-state index in [1.54, 1.807) is 0 Å². The molecule has 0 spiro atoms. The number of aliphatic hydroxyl groups excluding tert-OH is 1. The van der Waals surface area contributed by atoms with Crippen molar-refractivity contribution in [2.45, 2.75) is 45.8 Å². The Labute approximate surface area is 92.2 Å². The van der Waals surface area contributed by atoms with Crippen LogP contribution in [0, 0.1) is 0 Å². The van der Waals surface area contributed by atoms with E-state index in [2.05, 4.69) is 4.18 Å². The molecule has 0 aromatic heterocycles. The first-order valence-corrected chi connectivity index (χ1v) is 6.85. The quantitative estimate of drug-likeness (QED) is 0.410. The Bertz CT molecular complexity index is 211. The molecule has 0 radical (unpaired) electrons. The fraction of sp³-hybridized carbons (Fsp3) is 1.00. The Morgan fingerprint density at radius 1 is 1.20 bits per heavy atom. The van der Waals surface area contributed by atoms with Crippen LogP contribution in [0.3, 0.4) is 0 Å². The molecular weight excluding hydrogens is 220 g/mol. The lowest BCUT2D eigenvalue weighted by Crippen LogP contribution is -2.03. The average molecular weight is 242 g/mol. The molecule has 0 fully saturated rings. The Balaban J connectivity index is 0. The van der Waals surface area contributed by atoms with Gasteiger partial charge in [0.15, 0.2) is 6.29 Å². The summed E-state index contributed by atoms with van der Waals surface area (Å²) in [6.45, 7) is 4.19.